The summed E-state index contributed by atoms with van der Waals surface area (Å²) in [5.74, 6) is -1.35. The van der Waals surface area contributed by atoms with E-state index in [1.807, 2.05) is 24.3 Å². The molecule has 36 heavy (non-hydrogen) atoms. The first-order chi connectivity index (χ1) is 17.5. The lowest BCUT2D eigenvalue weighted by Crippen LogP contribution is -2.36. The molecular weight excluding hydrogens is 461 g/mol. The standard InChI is InChI=1S/C29H30FNO5/c1-17-26(29(33)36-16-19-8-7-13-35-19)27(21-10-3-5-11-22(21)30)28-23(31-17)14-18(15-24(28)32)20-9-4-6-12-25(20)34-2/h3-6,9-12,18-19,27,31H,7-8,13-16H2,1-2H3/t18-,19-,27-/m0/s1. The van der Waals surface area contributed by atoms with E-state index in [-0.39, 0.29) is 36.4 Å². The number of esters is 1. The molecule has 5 rings (SSSR count). The Morgan fingerprint density at radius 2 is 1.86 bits per heavy atom. The Morgan fingerprint density at radius 3 is 2.58 bits per heavy atom. The summed E-state index contributed by atoms with van der Waals surface area (Å²) in [6.07, 6.45) is 2.41. The van der Waals surface area contributed by atoms with Gasteiger partial charge in [-0.15, -0.1) is 0 Å². The first kappa shape index (κ1) is 24.3. The summed E-state index contributed by atoms with van der Waals surface area (Å²) < 4.78 is 31.9. The lowest BCUT2D eigenvalue weighted by Gasteiger charge is -2.37. The number of nitrogens with one attached hydrogen (secondary N) is 1. The molecule has 0 saturated carbocycles. The van der Waals surface area contributed by atoms with Crippen molar-refractivity contribution >= 4 is 11.8 Å². The van der Waals surface area contributed by atoms with Crippen LogP contribution in [0.3, 0.4) is 0 Å². The van der Waals surface area contributed by atoms with Gasteiger partial charge in [0.1, 0.15) is 18.2 Å². The maximum absolute atomic E-state index is 15.1. The van der Waals surface area contributed by atoms with Crippen LogP contribution in [0.4, 0.5) is 4.39 Å². The van der Waals surface area contributed by atoms with Crippen molar-refractivity contribution in [2.75, 3.05) is 20.3 Å². The highest BCUT2D eigenvalue weighted by Crippen LogP contribution is 2.47. The van der Waals surface area contributed by atoms with Crippen LogP contribution in [-0.4, -0.2) is 38.2 Å². The fraction of sp³-hybridized carbons (Fsp3) is 0.379. The second-order valence-electron chi connectivity index (χ2n) is 9.51. The van der Waals surface area contributed by atoms with Gasteiger partial charge >= 0.3 is 5.97 Å². The lowest BCUT2D eigenvalue weighted by molar-refractivity contribution is -0.142. The van der Waals surface area contributed by atoms with E-state index in [2.05, 4.69) is 5.32 Å². The van der Waals surface area contributed by atoms with E-state index >= 15 is 4.39 Å². The predicted molar refractivity (Wildman–Crippen MR) is 132 cm³/mol. The highest BCUT2D eigenvalue weighted by atomic mass is 19.1. The van der Waals surface area contributed by atoms with E-state index in [1.54, 1.807) is 32.2 Å². The van der Waals surface area contributed by atoms with Gasteiger partial charge in [0.05, 0.1) is 24.7 Å². The van der Waals surface area contributed by atoms with Crippen LogP contribution >= 0.6 is 0 Å². The zero-order valence-corrected chi connectivity index (χ0v) is 20.5. The van der Waals surface area contributed by atoms with Crippen LogP contribution in [0.15, 0.2) is 71.1 Å². The third-order valence-electron chi connectivity index (χ3n) is 7.27. The molecule has 7 heteroatoms. The highest BCUT2D eigenvalue weighted by molar-refractivity contribution is 6.04. The molecule has 2 aromatic rings. The molecule has 0 spiro atoms. The number of para-hydroxylation sites is 1. The van der Waals surface area contributed by atoms with E-state index in [0.29, 0.717) is 35.6 Å². The molecule has 0 unspecified atom stereocenters. The average molecular weight is 492 g/mol. The van der Waals surface area contributed by atoms with Crippen molar-refractivity contribution in [3.63, 3.8) is 0 Å². The monoisotopic (exact) mass is 491 g/mol. The Balaban J connectivity index is 1.52. The van der Waals surface area contributed by atoms with Gasteiger partial charge in [-0.1, -0.05) is 36.4 Å². The van der Waals surface area contributed by atoms with E-state index < -0.39 is 17.7 Å². The van der Waals surface area contributed by atoms with Gasteiger partial charge in [-0.3, -0.25) is 4.79 Å². The van der Waals surface area contributed by atoms with Gasteiger partial charge in [-0.05, 0) is 43.9 Å². The normalized spacial score (nSPS) is 23.9. The minimum atomic E-state index is -0.842. The van der Waals surface area contributed by atoms with Crippen LogP contribution in [0.25, 0.3) is 0 Å². The Hall–Kier alpha value is -3.45. The van der Waals surface area contributed by atoms with E-state index in [1.165, 1.54) is 6.07 Å². The molecule has 188 valence electrons. The lowest BCUT2D eigenvalue weighted by atomic mass is 9.71. The Kier molecular flexibility index (Phi) is 6.92. The van der Waals surface area contributed by atoms with Crippen molar-refractivity contribution in [2.24, 2.45) is 0 Å². The van der Waals surface area contributed by atoms with E-state index in [4.69, 9.17) is 14.2 Å². The smallest absolute Gasteiger partial charge is 0.336 e. The van der Waals surface area contributed by atoms with Gasteiger partial charge in [-0.2, -0.15) is 0 Å². The summed E-state index contributed by atoms with van der Waals surface area (Å²) >= 11 is 0. The van der Waals surface area contributed by atoms with Crippen LogP contribution in [0.1, 0.15) is 55.6 Å². The average Bonchev–Trinajstić information content (AvgIpc) is 3.40. The van der Waals surface area contributed by atoms with Crippen molar-refractivity contribution in [1.29, 1.82) is 0 Å². The number of Topliss-reactive ketones (excluding diaryl/α,β-unsaturated/α-hetero) is 1. The molecule has 2 heterocycles. The minimum absolute atomic E-state index is 0.0954. The number of ether oxygens (including phenoxy) is 3. The number of benzene rings is 2. The summed E-state index contributed by atoms with van der Waals surface area (Å²) in [5, 5.41) is 3.31. The van der Waals surface area contributed by atoms with Gasteiger partial charge < -0.3 is 19.5 Å². The van der Waals surface area contributed by atoms with Crippen LogP contribution in [0.2, 0.25) is 0 Å². The van der Waals surface area contributed by atoms with Crippen LogP contribution in [0.5, 0.6) is 5.75 Å². The molecule has 6 nitrogen and oxygen atoms in total. The number of allylic oxidation sites excluding steroid dienone is 3. The second kappa shape index (κ2) is 10.3. The molecule has 0 aromatic heterocycles. The Bertz CT molecular complexity index is 1240. The SMILES string of the molecule is COc1ccccc1[C@@H]1CC(=O)C2=C(C1)NC(C)=C(C(=O)OC[C@@H]1CCCO1)[C@@H]2c1ccccc1F. The van der Waals surface area contributed by atoms with Crippen molar-refractivity contribution in [2.45, 2.75) is 50.5 Å². The topological polar surface area (TPSA) is 73.9 Å². The fourth-order valence-electron chi connectivity index (χ4n) is 5.58. The quantitative estimate of drug-likeness (QED) is 0.579. The highest BCUT2D eigenvalue weighted by Gasteiger charge is 2.42. The zero-order chi connectivity index (χ0) is 25.2. The Morgan fingerprint density at radius 1 is 1.11 bits per heavy atom. The van der Waals surface area contributed by atoms with Gasteiger partial charge in [0.15, 0.2) is 5.78 Å². The molecule has 0 amide bonds. The van der Waals surface area contributed by atoms with Crippen molar-refractivity contribution in [3.05, 3.63) is 88.0 Å². The van der Waals surface area contributed by atoms with Gasteiger partial charge in [0.25, 0.3) is 0 Å². The number of halogens is 1. The van der Waals surface area contributed by atoms with E-state index in [9.17, 15) is 9.59 Å². The van der Waals surface area contributed by atoms with Crippen LogP contribution in [-0.2, 0) is 19.1 Å². The number of ketones is 1. The molecule has 0 bridgehead atoms. The Labute approximate surface area is 210 Å². The number of hydrogen-bond donors (Lipinski definition) is 1. The van der Waals surface area contributed by atoms with Gasteiger partial charge in [-0.25, -0.2) is 9.18 Å². The molecule has 1 fully saturated rings. The summed E-state index contributed by atoms with van der Waals surface area (Å²) in [6.45, 7) is 2.56. The first-order valence-corrected chi connectivity index (χ1v) is 12.4. The molecule has 1 aliphatic carbocycles. The summed E-state index contributed by atoms with van der Waals surface area (Å²) in [6, 6.07) is 14.0. The second-order valence-corrected chi connectivity index (χ2v) is 9.51. The molecule has 0 radical (unpaired) electrons. The summed E-state index contributed by atoms with van der Waals surface area (Å²) in [5.41, 5.74) is 3.21. The minimum Gasteiger partial charge on any atom is -0.496 e. The zero-order valence-electron chi connectivity index (χ0n) is 20.5. The number of rotatable bonds is 6. The first-order valence-electron chi connectivity index (χ1n) is 12.4. The number of carbonyl (C=O) groups is 2. The number of dihydropyridines is 1. The number of carbonyl (C=O) groups excluding carboxylic acids is 2. The molecular formula is C29H30FNO5. The van der Waals surface area contributed by atoms with Crippen LogP contribution in [0, 0.1) is 5.82 Å². The predicted octanol–water partition coefficient (Wildman–Crippen LogP) is 4.92. The van der Waals surface area contributed by atoms with Crippen molar-refractivity contribution < 1.29 is 28.2 Å². The van der Waals surface area contributed by atoms with Crippen molar-refractivity contribution in [3.8, 4) is 5.75 Å². The maximum atomic E-state index is 15.1. The molecule has 2 aliphatic heterocycles. The van der Waals surface area contributed by atoms with Crippen LogP contribution < -0.4 is 10.1 Å². The largest absolute Gasteiger partial charge is 0.496 e. The molecule has 1 N–H and O–H groups in total. The van der Waals surface area contributed by atoms with Gasteiger partial charge in [0.2, 0.25) is 0 Å². The maximum Gasteiger partial charge on any atom is 0.336 e. The third-order valence-corrected chi connectivity index (χ3v) is 7.27. The number of hydrogen-bond acceptors (Lipinski definition) is 6. The molecule has 2 aromatic carbocycles. The van der Waals surface area contributed by atoms with Crippen molar-refractivity contribution in [1.82, 2.24) is 5.32 Å². The number of methoxy groups -OCH3 is 1. The molecule has 1 saturated heterocycles. The fourth-order valence-corrected chi connectivity index (χ4v) is 5.58. The van der Waals surface area contributed by atoms with Gasteiger partial charge in [0, 0.05) is 41.5 Å². The summed E-state index contributed by atoms with van der Waals surface area (Å²) in [4.78, 5) is 27.1. The molecule has 3 aliphatic rings. The molecule has 3 atom stereocenters. The third kappa shape index (κ3) is 4.55. The van der Waals surface area contributed by atoms with E-state index in [0.717, 1.165) is 24.2 Å². The summed E-state index contributed by atoms with van der Waals surface area (Å²) in [7, 11) is 1.61.